The zero-order chi connectivity index (χ0) is 14.3. The first-order valence-corrected chi connectivity index (χ1v) is 6.03. The summed E-state index contributed by atoms with van der Waals surface area (Å²) in [5.74, 6) is -1.10. The molecule has 1 rings (SSSR count). The van der Waals surface area contributed by atoms with Crippen LogP contribution in [-0.2, 0) is 9.59 Å². The number of amides is 2. The molecule has 0 aliphatic carbocycles. The second kappa shape index (κ2) is 7.38. The van der Waals surface area contributed by atoms with Crippen molar-refractivity contribution in [3.05, 3.63) is 24.3 Å². The van der Waals surface area contributed by atoms with Crippen molar-refractivity contribution in [2.75, 3.05) is 18.5 Å². The van der Waals surface area contributed by atoms with Crippen LogP contribution in [0.5, 0.6) is 5.75 Å². The number of ether oxygens (including phenoxy) is 1. The van der Waals surface area contributed by atoms with Crippen molar-refractivity contribution in [3.8, 4) is 5.75 Å². The van der Waals surface area contributed by atoms with Gasteiger partial charge in [-0.25, -0.2) is 0 Å². The molecule has 0 saturated carbocycles. The van der Waals surface area contributed by atoms with Gasteiger partial charge in [-0.15, -0.1) is 0 Å². The van der Waals surface area contributed by atoms with Crippen LogP contribution in [0, 0.1) is 0 Å². The average Bonchev–Trinajstić information content (AvgIpc) is 2.38. The maximum absolute atomic E-state index is 11.6. The molecule has 1 aromatic rings. The highest BCUT2D eigenvalue weighted by Crippen LogP contribution is 2.23. The Morgan fingerprint density at radius 1 is 1.32 bits per heavy atom. The van der Waals surface area contributed by atoms with Gasteiger partial charge in [0.2, 0.25) is 0 Å². The van der Waals surface area contributed by atoms with E-state index in [-0.39, 0.29) is 6.54 Å². The van der Waals surface area contributed by atoms with Crippen LogP contribution in [0.15, 0.2) is 24.3 Å². The van der Waals surface area contributed by atoms with E-state index >= 15 is 0 Å². The minimum Gasteiger partial charge on any atom is -0.492 e. The number of carbonyl (C=O) groups is 2. The van der Waals surface area contributed by atoms with Crippen molar-refractivity contribution >= 4 is 17.5 Å². The lowest BCUT2D eigenvalue weighted by atomic mass is 10.3. The predicted molar refractivity (Wildman–Crippen MR) is 70.9 cm³/mol. The van der Waals surface area contributed by atoms with E-state index in [4.69, 9.17) is 9.84 Å². The first-order chi connectivity index (χ1) is 9.04. The van der Waals surface area contributed by atoms with Crippen molar-refractivity contribution in [3.63, 3.8) is 0 Å². The molecule has 6 heteroatoms. The van der Waals surface area contributed by atoms with E-state index in [9.17, 15) is 9.59 Å². The van der Waals surface area contributed by atoms with Crippen molar-refractivity contribution in [1.29, 1.82) is 0 Å². The molecule has 0 saturated heterocycles. The van der Waals surface area contributed by atoms with Crippen LogP contribution < -0.4 is 15.4 Å². The maximum atomic E-state index is 11.6. The lowest BCUT2D eigenvalue weighted by Crippen LogP contribution is -2.38. The largest absolute Gasteiger partial charge is 0.492 e. The molecule has 0 spiro atoms. The molecular weight excluding hydrogens is 248 g/mol. The summed E-state index contributed by atoms with van der Waals surface area (Å²) in [5.41, 5.74) is 0.432. The van der Waals surface area contributed by atoms with Crippen LogP contribution in [0.1, 0.15) is 13.8 Å². The molecular formula is C13H18N2O4. The molecule has 6 nitrogen and oxygen atoms in total. The Balaban J connectivity index is 2.63. The number of carbonyl (C=O) groups excluding carboxylic acids is 2. The van der Waals surface area contributed by atoms with Gasteiger partial charge >= 0.3 is 11.8 Å². The van der Waals surface area contributed by atoms with Gasteiger partial charge in [-0.1, -0.05) is 12.1 Å². The zero-order valence-corrected chi connectivity index (χ0v) is 11.0. The summed E-state index contributed by atoms with van der Waals surface area (Å²) in [4.78, 5) is 23.1. The highest BCUT2D eigenvalue weighted by molar-refractivity contribution is 6.39. The first-order valence-electron chi connectivity index (χ1n) is 6.03. The fraction of sp³-hybridized carbons (Fsp3) is 0.385. The monoisotopic (exact) mass is 266 g/mol. The maximum Gasteiger partial charge on any atom is 0.313 e. The molecule has 0 fully saturated rings. The molecule has 3 N–H and O–H groups in total. The van der Waals surface area contributed by atoms with Gasteiger partial charge in [0.1, 0.15) is 5.75 Å². The van der Waals surface area contributed by atoms with Crippen molar-refractivity contribution in [2.24, 2.45) is 0 Å². The molecule has 0 unspecified atom stereocenters. The van der Waals surface area contributed by atoms with E-state index in [1.54, 1.807) is 24.3 Å². The van der Waals surface area contributed by atoms with Crippen LogP contribution in [0.3, 0.4) is 0 Å². The molecule has 1 atom stereocenters. The molecule has 0 bridgehead atoms. The minimum absolute atomic E-state index is 0.0271. The molecule has 0 aliphatic heterocycles. The lowest BCUT2D eigenvalue weighted by molar-refractivity contribution is -0.136. The minimum atomic E-state index is -0.799. The van der Waals surface area contributed by atoms with Gasteiger partial charge in [0.25, 0.3) is 0 Å². The highest BCUT2D eigenvalue weighted by Gasteiger charge is 2.15. The number of aliphatic hydroxyl groups excluding tert-OH is 1. The highest BCUT2D eigenvalue weighted by atomic mass is 16.5. The summed E-state index contributed by atoms with van der Waals surface area (Å²) < 4.78 is 5.33. The second-order valence-electron chi connectivity index (χ2n) is 3.94. The summed E-state index contributed by atoms with van der Waals surface area (Å²) in [7, 11) is 0. The standard InChI is InChI=1S/C13H18N2O4/c1-3-19-11-7-5-4-6-10(11)15-13(18)12(17)14-8-9(2)16/h4-7,9,16H,3,8H2,1-2H3,(H,14,17)(H,15,18)/t9-/m1/s1. The number of nitrogens with one attached hydrogen (secondary N) is 2. The summed E-state index contributed by atoms with van der Waals surface area (Å²) in [6.07, 6.45) is -0.701. The summed E-state index contributed by atoms with van der Waals surface area (Å²) in [6, 6.07) is 6.84. The van der Waals surface area contributed by atoms with Gasteiger partial charge in [0.05, 0.1) is 18.4 Å². The van der Waals surface area contributed by atoms with E-state index in [0.717, 1.165) is 0 Å². The Morgan fingerprint density at radius 3 is 2.63 bits per heavy atom. The van der Waals surface area contributed by atoms with Crippen molar-refractivity contribution < 1.29 is 19.4 Å². The quantitative estimate of drug-likeness (QED) is 0.678. The molecule has 2 amide bonds. The fourth-order valence-electron chi connectivity index (χ4n) is 1.35. The smallest absolute Gasteiger partial charge is 0.313 e. The third kappa shape index (κ3) is 4.97. The van der Waals surface area contributed by atoms with Gasteiger partial charge in [-0.05, 0) is 26.0 Å². The fourth-order valence-corrected chi connectivity index (χ4v) is 1.35. The molecule has 1 aromatic carbocycles. The number of aliphatic hydroxyl groups is 1. The van der Waals surface area contributed by atoms with Gasteiger partial charge in [0.15, 0.2) is 0 Å². The number of hydrogen-bond donors (Lipinski definition) is 3. The second-order valence-corrected chi connectivity index (χ2v) is 3.94. The van der Waals surface area contributed by atoms with E-state index in [1.807, 2.05) is 6.92 Å². The Labute approximate surface area is 111 Å². The lowest BCUT2D eigenvalue weighted by Gasteiger charge is -2.11. The molecule has 0 radical (unpaired) electrons. The van der Waals surface area contributed by atoms with E-state index in [2.05, 4.69) is 10.6 Å². The van der Waals surface area contributed by atoms with Crippen molar-refractivity contribution in [2.45, 2.75) is 20.0 Å². The van der Waals surface area contributed by atoms with E-state index in [0.29, 0.717) is 18.0 Å². The van der Waals surface area contributed by atoms with E-state index < -0.39 is 17.9 Å². The summed E-state index contributed by atoms with van der Waals surface area (Å²) in [6.45, 7) is 3.83. The molecule has 0 aromatic heterocycles. The molecule has 104 valence electrons. The number of rotatable bonds is 5. The van der Waals surface area contributed by atoms with Gasteiger partial charge in [0, 0.05) is 6.54 Å². The Hall–Kier alpha value is -2.08. The summed E-state index contributed by atoms with van der Waals surface area (Å²) in [5, 5.41) is 13.8. The van der Waals surface area contributed by atoms with Crippen LogP contribution in [-0.4, -0.2) is 36.2 Å². The van der Waals surface area contributed by atoms with Crippen LogP contribution in [0.25, 0.3) is 0 Å². The SMILES string of the molecule is CCOc1ccccc1NC(=O)C(=O)NC[C@@H](C)O. The number of para-hydroxylation sites is 2. The number of anilines is 1. The van der Waals surface area contributed by atoms with Crippen LogP contribution >= 0.6 is 0 Å². The Morgan fingerprint density at radius 2 is 2.00 bits per heavy atom. The zero-order valence-electron chi connectivity index (χ0n) is 11.0. The Bertz CT molecular complexity index is 446. The van der Waals surface area contributed by atoms with Gasteiger partial charge in [-0.2, -0.15) is 0 Å². The first kappa shape index (κ1) is 15.0. The topological polar surface area (TPSA) is 87.7 Å². The molecule has 0 heterocycles. The third-order valence-electron chi connectivity index (χ3n) is 2.20. The molecule has 19 heavy (non-hydrogen) atoms. The van der Waals surface area contributed by atoms with E-state index in [1.165, 1.54) is 6.92 Å². The van der Waals surface area contributed by atoms with Crippen LogP contribution in [0.4, 0.5) is 5.69 Å². The molecule has 0 aliphatic rings. The predicted octanol–water partition coefficient (Wildman–Crippen LogP) is 0.521. The van der Waals surface area contributed by atoms with Gasteiger partial charge in [-0.3, -0.25) is 9.59 Å². The van der Waals surface area contributed by atoms with Crippen LogP contribution in [0.2, 0.25) is 0 Å². The average molecular weight is 266 g/mol. The number of benzene rings is 1. The number of hydrogen-bond acceptors (Lipinski definition) is 4. The van der Waals surface area contributed by atoms with Gasteiger partial charge < -0.3 is 20.5 Å². The normalized spacial score (nSPS) is 11.5. The Kier molecular flexibility index (Phi) is 5.81. The van der Waals surface area contributed by atoms with Crippen molar-refractivity contribution in [1.82, 2.24) is 5.32 Å². The summed E-state index contributed by atoms with van der Waals surface area (Å²) >= 11 is 0. The third-order valence-corrected chi connectivity index (χ3v) is 2.20.